The van der Waals surface area contributed by atoms with Crippen molar-refractivity contribution in [3.05, 3.63) is 65.7 Å². The van der Waals surface area contributed by atoms with Crippen molar-refractivity contribution in [3.8, 4) is 5.75 Å². The number of hydrogen-bond donors (Lipinski definition) is 2. The molecule has 1 heterocycles. The second kappa shape index (κ2) is 8.14. The molecule has 2 unspecified atom stereocenters. The van der Waals surface area contributed by atoms with Crippen LogP contribution in [0.15, 0.2) is 54.6 Å². The Morgan fingerprint density at radius 1 is 1.20 bits per heavy atom. The van der Waals surface area contributed by atoms with E-state index >= 15 is 0 Å². The predicted octanol–water partition coefficient (Wildman–Crippen LogP) is 2.06. The molecule has 5 heteroatoms. The summed E-state index contributed by atoms with van der Waals surface area (Å²) in [4.78, 5) is 14.7. The highest BCUT2D eigenvalue weighted by molar-refractivity contribution is 5.96. The van der Waals surface area contributed by atoms with Gasteiger partial charge in [-0.15, -0.1) is 0 Å². The van der Waals surface area contributed by atoms with Gasteiger partial charge in [-0.1, -0.05) is 42.5 Å². The first kappa shape index (κ1) is 17.5. The van der Waals surface area contributed by atoms with E-state index in [9.17, 15) is 9.90 Å². The van der Waals surface area contributed by atoms with Gasteiger partial charge in [0, 0.05) is 25.7 Å². The minimum atomic E-state index is -0.350. The van der Waals surface area contributed by atoms with Gasteiger partial charge in [0.15, 0.2) is 0 Å². The number of carbonyl (C=O) groups excluding carboxylic acids is 1. The fraction of sp³-hybridized carbons (Fsp3) is 0.350. The number of amides is 1. The Kier molecular flexibility index (Phi) is 5.68. The van der Waals surface area contributed by atoms with Crippen LogP contribution in [0.2, 0.25) is 0 Å². The number of nitrogens with one attached hydrogen (secondary N) is 1. The van der Waals surface area contributed by atoms with Gasteiger partial charge in [0.05, 0.1) is 18.8 Å². The lowest BCUT2D eigenvalue weighted by atomic mass is 10.1. The molecule has 1 amide bonds. The Morgan fingerprint density at radius 3 is 2.68 bits per heavy atom. The van der Waals surface area contributed by atoms with Gasteiger partial charge in [0.25, 0.3) is 5.91 Å². The predicted molar refractivity (Wildman–Crippen MR) is 96.6 cm³/mol. The average molecular weight is 340 g/mol. The molecule has 1 aliphatic rings. The van der Waals surface area contributed by atoms with Crippen molar-refractivity contribution in [2.75, 3.05) is 20.2 Å². The molecule has 0 spiro atoms. The Balaban J connectivity index is 1.61. The highest BCUT2D eigenvalue weighted by Crippen LogP contribution is 2.21. The number of methoxy groups -OCH3 is 1. The molecule has 2 aromatic rings. The number of para-hydroxylation sites is 1. The number of rotatable bonds is 6. The van der Waals surface area contributed by atoms with E-state index in [0.29, 0.717) is 30.8 Å². The van der Waals surface area contributed by atoms with Crippen molar-refractivity contribution >= 4 is 5.91 Å². The third kappa shape index (κ3) is 4.38. The molecule has 25 heavy (non-hydrogen) atoms. The summed E-state index contributed by atoms with van der Waals surface area (Å²) in [6.45, 7) is 1.90. The number of aliphatic hydroxyl groups is 1. The molecule has 1 aliphatic heterocycles. The van der Waals surface area contributed by atoms with Gasteiger partial charge in [-0.05, 0) is 24.1 Å². The van der Waals surface area contributed by atoms with E-state index in [4.69, 9.17) is 4.74 Å². The minimum Gasteiger partial charge on any atom is -0.496 e. The van der Waals surface area contributed by atoms with E-state index in [1.165, 1.54) is 5.56 Å². The molecular formula is C20H24N2O3. The van der Waals surface area contributed by atoms with Crippen molar-refractivity contribution in [3.63, 3.8) is 0 Å². The molecule has 0 aromatic heterocycles. The van der Waals surface area contributed by atoms with Gasteiger partial charge < -0.3 is 15.2 Å². The number of hydrogen-bond acceptors (Lipinski definition) is 4. The van der Waals surface area contributed by atoms with Crippen LogP contribution >= 0.6 is 0 Å². The first-order chi connectivity index (χ1) is 12.2. The van der Waals surface area contributed by atoms with Crippen LogP contribution in [0.25, 0.3) is 0 Å². The van der Waals surface area contributed by atoms with E-state index < -0.39 is 0 Å². The van der Waals surface area contributed by atoms with Crippen molar-refractivity contribution in [1.29, 1.82) is 0 Å². The Hall–Kier alpha value is -2.37. The Morgan fingerprint density at radius 2 is 1.92 bits per heavy atom. The summed E-state index contributed by atoms with van der Waals surface area (Å²) in [6.07, 6.45) is 0.316. The number of carbonyl (C=O) groups is 1. The zero-order valence-electron chi connectivity index (χ0n) is 14.4. The maximum Gasteiger partial charge on any atom is 0.255 e. The second-order valence-corrected chi connectivity index (χ2v) is 6.37. The van der Waals surface area contributed by atoms with Crippen molar-refractivity contribution in [2.45, 2.75) is 25.1 Å². The van der Waals surface area contributed by atoms with Crippen LogP contribution in [0.1, 0.15) is 22.3 Å². The van der Waals surface area contributed by atoms with Crippen LogP contribution in [0, 0.1) is 0 Å². The minimum absolute atomic E-state index is 0.119. The SMILES string of the molecule is COc1ccccc1C(=O)NCC1CC(O)CN1Cc1ccccc1. The summed E-state index contributed by atoms with van der Waals surface area (Å²) in [6, 6.07) is 17.5. The number of nitrogens with zero attached hydrogens (tertiary/aromatic N) is 1. The molecule has 2 atom stereocenters. The molecule has 5 nitrogen and oxygen atoms in total. The highest BCUT2D eigenvalue weighted by atomic mass is 16.5. The standard InChI is InChI=1S/C20H24N2O3/c1-25-19-10-6-5-9-18(19)20(24)21-12-16-11-17(23)14-22(16)13-15-7-3-2-4-8-15/h2-10,16-17,23H,11-14H2,1H3,(H,21,24). The number of ether oxygens (including phenoxy) is 1. The quantitative estimate of drug-likeness (QED) is 0.845. The van der Waals surface area contributed by atoms with E-state index in [-0.39, 0.29) is 18.1 Å². The third-order valence-corrected chi connectivity index (χ3v) is 4.58. The van der Waals surface area contributed by atoms with Crippen LogP contribution in [-0.4, -0.2) is 48.3 Å². The van der Waals surface area contributed by atoms with Gasteiger partial charge >= 0.3 is 0 Å². The van der Waals surface area contributed by atoms with Crippen LogP contribution in [-0.2, 0) is 6.54 Å². The lowest BCUT2D eigenvalue weighted by Crippen LogP contribution is -2.39. The highest BCUT2D eigenvalue weighted by Gasteiger charge is 2.31. The molecule has 0 aliphatic carbocycles. The summed E-state index contributed by atoms with van der Waals surface area (Å²) in [7, 11) is 1.56. The van der Waals surface area contributed by atoms with E-state index in [1.54, 1.807) is 19.2 Å². The molecule has 1 fully saturated rings. The lowest BCUT2D eigenvalue weighted by molar-refractivity contribution is 0.0937. The maximum atomic E-state index is 12.5. The molecule has 132 valence electrons. The van der Waals surface area contributed by atoms with E-state index in [1.807, 2.05) is 30.3 Å². The van der Waals surface area contributed by atoms with E-state index in [0.717, 1.165) is 6.54 Å². The number of aliphatic hydroxyl groups excluding tert-OH is 1. The fourth-order valence-corrected chi connectivity index (χ4v) is 3.32. The normalized spacial score (nSPS) is 20.4. The smallest absolute Gasteiger partial charge is 0.255 e. The fourth-order valence-electron chi connectivity index (χ4n) is 3.32. The molecule has 1 saturated heterocycles. The second-order valence-electron chi connectivity index (χ2n) is 6.37. The maximum absolute atomic E-state index is 12.5. The van der Waals surface area contributed by atoms with Crippen LogP contribution in [0.3, 0.4) is 0 Å². The zero-order chi connectivity index (χ0) is 17.6. The van der Waals surface area contributed by atoms with Crippen molar-refractivity contribution < 1.29 is 14.6 Å². The van der Waals surface area contributed by atoms with Gasteiger partial charge in [-0.3, -0.25) is 9.69 Å². The molecule has 3 rings (SSSR count). The van der Waals surface area contributed by atoms with Gasteiger partial charge in [0.1, 0.15) is 5.75 Å². The first-order valence-electron chi connectivity index (χ1n) is 8.54. The van der Waals surface area contributed by atoms with Gasteiger partial charge in [0.2, 0.25) is 0 Å². The average Bonchev–Trinajstić information content (AvgIpc) is 2.99. The summed E-state index contributed by atoms with van der Waals surface area (Å²) in [5.41, 5.74) is 1.73. The number of benzene rings is 2. The monoisotopic (exact) mass is 340 g/mol. The van der Waals surface area contributed by atoms with Gasteiger partial charge in [-0.2, -0.15) is 0 Å². The molecule has 2 N–H and O–H groups in total. The Labute approximate surface area is 148 Å². The van der Waals surface area contributed by atoms with E-state index in [2.05, 4.69) is 22.3 Å². The lowest BCUT2D eigenvalue weighted by Gasteiger charge is -2.24. The van der Waals surface area contributed by atoms with Crippen LogP contribution < -0.4 is 10.1 Å². The third-order valence-electron chi connectivity index (χ3n) is 4.58. The van der Waals surface area contributed by atoms with Gasteiger partial charge in [-0.25, -0.2) is 0 Å². The van der Waals surface area contributed by atoms with Crippen LogP contribution in [0.4, 0.5) is 0 Å². The van der Waals surface area contributed by atoms with Crippen LogP contribution in [0.5, 0.6) is 5.75 Å². The Bertz CT molecular complexity index is 705. The van der Waals surface area contributed by atoms with Crippen molar-refractivity contribution in [1.82, 2.24) is 10.2 Å². The van der Waals surface area contributed by atoms with Crippen molar-refractivity contribution in [2.24, 2.45) is 0 Å². The molecule has 0 saturated carbocycles. The largest absolute Gasteiger partial charge is 0.496 e. The summed E-state index contributed by atoms with van der Waals surface area (Å²) >= 11 is 0. The molecule has 2 aromatic carbocycles. The summed E-state index contributed by atoms with van der Waals surface area (Å²) < 4.78 is 5.24. The molecule has 0 bridgehead atoms. The molecular weight excluding hydrogens is 316 g/mol. The topological polar surface area (TPSA) is 61.8 Å². The number of likely N-dealkylation sites (tertiary alicyclic amines) is 1. The number of β-amino-alcohol motifs (C(OH)–C–C–N with tert-alkyl or cyclic N) is 1. The summed E-state index contributed by atoms with van der Waals surface area (Å²) in [5.74, 6) is 0.408. The summed E-state index contributed by atoms with van der Waals surface area (Å²) in [5, 5.41) is 13.0. The molecule has 0 radical (unpaired) electrons. The zero-order valence-corrected chi connectivity index (χ0v) is 14.4. The first-order valence-corrected chi connectivity index (χ1v) is 8.54.